The summed E-state index contributed by atoms with van der Waals surface area (Å²) in [6.45, 7) is 6.28. The SMILES string of the molecule is CCCCCCOC(=O)Cn1c(C)nc2sc(CC)cc2c1=O. The summed E-state index contributed by atoms with van der Waals surface area (Å²) in [5, 5.41) is 0.591. The molecule has 2 aromatic heterocycles. The zero-order valence-electron chi connectivity index (χ0n) is 14.1. The topological polar surface area (TPSA) is 61.2 Å². The van der Waals surface area contributed by atoms with E-state index in [2.05, 4.69) is 11.9 Å². The van der Waals surface area contributed by atoms with Crippen LogP contribution < -0.4 is 5.56 Å². The van der Waals surface area contributed by atoms with Crippen LogP contribution in [0.3, 0.4) is 0 Å². The number of ether oxygens (including phenoxy) is 1. The average molecular weight is 336 g/mol. The quantitative estimate of drug-likeness (QED) is 0.547. The molecule has 126 valence electrons. The van der Waals surface area contributed by atoms with Gasteiger partial charge in [-0.15, -0.1) is 11.3 Å². The Balaban J connectivity index is 2.07. The number of hydrogen-bond acceptors (Lipinski definition) is 5. The summed E-state index contributed by atoms with van der Waals surface area (Å²) in [5.41, 5.74) is -0.161. The number of nitrogens with zero attached hydrogens (tertiary/aromatic N) is 2. The molecule has 2 aromatic rings. The summed E-state index contributed by atoms with van der Waals surface area (Å²) in [6, 6.07) is 1.88. The molecule has 0 unspecified atom stereocenters. The molecule has 2 rings (SSSR count). The van der Waals surface area contributed by atoms with Gasteiger partial charge in [-0.3, -0.25) is 14.2 Å². The number of unbranched alkanes of at least 4 members (excludes halogenated alkanes) is 3. The third-order valence-electron chi connectivity index (χ3n) is 3.79. The van der Waals surface area contributed by atoms with E-state index in [0.29, 0.717) is 17.8 Å². The van der Waals surface area contributed by atoms with Crippen LogP contribution in [0.2, 0.25) is 0 Å². The third kappa shape index (κ3) is 4.41. The number of thiophene rings is 1. The molecule has 0 atom stereocenters. The smallest absolute Gasteiger partial charge is 0.326 e. The summed E-state index contributed by atoms with van der Waals surface area (Å²) in [6.07, 6.45) is 5.10. The van der Waals surface area contributed by atoms with Gasteiger partial charge in [-0.1, -0.05) is 33.1 Å². The Kier molecular flexibility index (Phi) is 6.33. The second-order valence-corrected chi connectivity index (χ2v) is 6.73. The van der Waals surface area contributed by atoms with Gasteiger partial charge in [0.1, 0.15) is 17.2 Å². The lowest BCUT2D eigenvalue weighted by Crippen LogP contribution is -2.28. The second kappa shape index (κ2) is 8.24. The van der Waals surface area contributed by atoms with Gasteiger partial charge < -0.3 is 4.74 Å². The number of aromatic nitrogens is 2. The van der Waals surface area contributed by atoms with Gasteiger partial charge in [0.15, 0.2) is 0 Å². The molecule has 6 heteroatoms. The van der Waals surface area contributed by atoms with Crippen molar-refractivity contribution in [3.05, 3.63) is 27.1 Å². The van der Waals surface area contributed by atoms with Crippen molar-refractivity contribution in [2.45, 2.75) is 59.4 Å². The predicted molar refractivity (Wildman–Crippen MR) is 93.1 cm³/mol. The number of esters is 1. The number of fused-ring (bicyclic) bond motifs is 1. The van der Waals surface area contributed by atoms with E-state index in [9.17, 15) is 9.59 Å². The molecule has 2 heterocycles. The van der Waals surface area contributed by atoms with Crippen molar-refractivity contribution in [1.29, 1.82) is 0 Å². The molecular weight excluding hydrogens is 312 g/mol. The highest BCUT2D eigenvalue weighted by Crippen LogP contribution is 2.21. The average Bonchev–Trinajstić information content (AvgIpc) is 2.94. The molecule has 0 aliphatic rings. The minimum atomic E-state index is -0.376. The van der Waals surface area contributed by atoms with E-state index in [4.69, 9.17) is 4.74 Å². The maximum atomic E-state index is 12.6. The fraction of sp³-hybridized carbons (Fsp3) is 0.588. The fourth-order valence-corrected chi connectivity index (χ4v) is 3.42. The Bertz CT molecular complexity index is 733. The Morgan fingerprint density at radius 3 is 2.78 bits per heavy atom. The van der Waals surface area contributed by atoms with E-state index < -0.39 is 0 Å². The van der Waals surface area contributed by atoms with Gasteiger partial charge in [0.05, 0.1) is 12.0 Å². The lowest BCUT2D eigenvalue weighted by atomic mass is 10.2. The minimum Gasteiger partial charge on any atom is -0.464 e. The van der Waals surface area contributed by atoms with Crippen LogP contribution >= 0.6 is 11.3 Å². The normalized spacial score (nSPS) is 11.1. The van der Waals surface area contributed by atoms with Crippen LogP contribution in [0.15, 0.2) is 10.9 Å². The highest BCUT2D eigenvalue weighted by molar-refractivity contribution is 7.18. The summed E-state index contributed by atoms with van der Waals surface area (Å²) < 4.78 is 6.62. The molecule has 5 nitrogen and oxygen atoms in total. The van der Waals surface area contributed by atoms with Crippen molar-refractivity contribution in [3.8, 4) is 0 Å². The maximum absolute atomic E-state index is 12.6. The largest absolute Gasteiger partial charge is 0.464 e. The molecule has 0 fully saturated rings. The summed E-state index contributed by atoms with van der Waals surface area (Å²) >= 11 is 1.53. The van der Waals surface area contributed by atoms with Gasteiger partial charge in [0, 0.05) is 4.88 Å². The highest BCUT2D eigenvalue weighted by Gasteiger charge is 2.14. The Morgan fingerprint density at radius 1 is 1.30 bits per heavy atom. The van der Waals surface area contributed by atoms with Crippen LogP contribution in [0.4, 0.5) is 0 Å². The predicted octanol–water partition coefficient (Wildman–Crippen LogP) is 3.45. The van der Waals surface area contributed by atoms with Crippen molar-refractivity contribution in [2.75, 3.05) is 6.61 Å². The van der Waals surface area contributed by atoms with Crippen molar-refractivity contribution >= 4 is 27.5 Å². The first-order chi connectivity index (χ1) is 11.1. The van der Waals surface area contributed by atoms with Gasteiger partial charge in [0.2, 0.25) is 0 Å². The van der Waals surface area contributed by atoms with Crippen molar-refractivity contribution in [2.24, 2.45) is 0 Å². The first-order valence-corrected chi connectivity index (χ1v) is 9.04. The first-order valence-electron chi connectivity index (χ1n) is 8.22. The van der Waals surface area contributed by atoms with Gasteiger partial charge in [-0.25, -0.2) is 4.98 Å². The Hall–Kier alpha value is -1.69. The third-order valence-corrected chi connectivity index (χ3v) is 4.96. The molecule has 0 spiro atoms. The molecule has 0 saturated carbocycles. The van der Waals surface area contributed by atoms with E-state index >= 15 is 0 Å². The molecule has 0 aliphatic heterocycles. The zero-order chi connectivity index (χ0) is 16.8. The molecule has 0 amide bonds. The van der Waals surface area contributed by atoms with E-state index in [1.807, 2.05) is 13.0 Å². The van der Waals surface area contributed by atoms with Crippen LogP contribution in [-0.4, -0.2) is 22.1 Å². The van der Waals surface area contributed by atoms with Gasteiger partial charge in [-0.05, 0) is 25.8 Å². The van der Waals surface area contributed by atoms with Gasteiger partial charge >= 0.3 is 5.97 Å². The lowest BCUT2D eigenvalue weighted by Gasteiger charge is -2.09. The Morgan fingerprint density at radius 2 is 2.09 bits per heavy atom. The highest BCUT2D eigenvalue weighted by atomic mass is 32.1. The van der Waals surface area contributed by atoms with Crippen LogP contribution in [0.25, 0.3) is 10.2 Å². The van der Waals surface area contributed by atoms with E-state index in [1.165, 1.54) is 15.9 Å². The molecule has 0 aromatic carbocycles. The van der Waals surface area contributed by atoms with Crippen LogP contribution in [0.5, 0.6) is 0 Å². The fourth-order valence-electron chi connectivity index (χ4n) is 2.42. The molecule has 0 saturated heterocycles. The summed E-state index contributed by atoms with van der Waals surface area (Å²) in [4.78, 5) is 30.8. The van der Waals surface area contributed by atoms with Gasteiger partial charge in [-0.2, -0.15) is 0 Å². The van der Waals surface area contributed by atoms with Gasteiger partial charge in [0.25, 0.3) is 5.56 Å². The number of carbonyl (C=O) groups excluding carboxylic acids is 1. The lowest BCUT2D eigenvalue weighted by molar-refractivity contribution is -0.144. The van der Waals surface area contributed by atoms with E-state index in [-0.39, 0.29) is 18.1 Å². The second-order valence-electron chi connectivity index (χ2n) is 5.62. The minimum absolute atomic E-state index is 0.0707. The van der Waals surface area contributed by atoms with Crippen molar-refractivity contribution in [1.82, 2.24) is 9.55 Å². The number of hydrogen-bond donors (Lipinski definition) is 0. The number of aryl methyl sites for hydroxylation is 2. The van der Waals surface area contributed by atoms with Crippen LogP contribution in [0, 0.1) is 6.92 Å². The monoisotopic (exact) mass is 336 g/mol. The summed E-state index contributed by atoms with van der Waals surface area (Å²) in [7, 11) is 0. The molecule has 0 N–H and O–H groups in total. The molecule has 0 radical (unpaired) electrons. The van der Waals surface area contributed by atoms with Crippen molar-refractivity contribution in [3.63, 3.8) is 0 Å². The Labute approximate surface area is 140 Å². The zero-order valence-corrected chi connectivity index (χ0v) is 14.9. The van der Waals surface area contributed by atoms with Crippen LogP contribution in [0.1, 0.15) is 50.2 Å². The van der Waals surface area contributed by atoms with Crippen molar-refractivity contribution < 1.29 is 9.53 Å². The standard InChI is InChI=1S/C17H24N2O3S/c1-4-6-7-8-9-22-15(20)11-19-12(3)18-16-14(17(19)21)10-13(5-2)23-16/h10H,4-9,11H2,1-3H3. The molecule has 23 heavy (non-hydrogen) atoms. The van der Waals surface area contributed by atoms with E-state index in [0.717, 1.165) is 41.8 Å². The first kappa shape index (κ1) is 17.7. The van der Waals surface area contributed by atoms with E-state index in [1.54, 1.807) is 6.92 Å². The molecule has 0 aliphatic carbocycles. The number of rotatable bonds is 8. The molecular formula is C17H24N2O3S. The molecule has 0 bridgehead atoms. The van der Waals surface area contributed by atoms with Crippen LogP contribution in [-0.2, 0) is 22.5 Å². The number of carbonyl (C=O) groups is 1. The maximum Gasteiger partial charge on any atom is 0.326 e. The summed E-state index contributed by atoms with van der Waals surface area (Å²) in [5.74, 6) is 0.175.